The normalized spacial score (nSPS) is 33.0. The molecule has 0 aromatic heterocycles. The van der Waals surface area contributed by atoms with Crippen LogP contribution in [0.1, 0.15) is 44.9 Å². The summed E-state index contributed by atoms with van der Waals surface area (Å²) in [7, 11) is 0. The van der Waals surface area contributed by atoms with Crippen molar-refractivity contribution >= 4 is 11.6 Å². The SMILES string of the molecule is FC(F)(Cl)C1(CCC2CCCCC2)CO1. The minimum absolute atomic E-state index is 0.121. The van der Waals surface area contributed by atoms with E-state index >= 15 is 0 Å². The first-order chi connectivity index (χ1) is 7.04. The van der Waals surface area contributed by atoms with Crippen LogP contribution < -0.4 is 0 Å². The first kappa shape index (κ1) is 11.6. The standard InChI is InChI=1S/C11H17ClF2O/c12-11(13,14)10(8-15-10)7-6-9-4-2-1-3-5-9/h9H,1-8H2. The van der Waals surface area contributed by atoms with Crippen molar-refractivity contribution in [2.75, 3.05) is 6.61 Å². The molecule has 1 saturated heterocycles. The number of rotatable bonds is 4. The highest BCUT2D eigenvalue weighted by Gasteiger charge is 2.63. The molecule has 0 spiro atoms. The molecule has 2 aliphatic rings. The molecule has 1 atom stereocenters. The number of ether oxygens (including phenoxy) is 1. The molecule has 0 radical (unpaired) electrons. The molecule has 0 bridgehead atoms. The van der Waals surface area contributed by atoms with Crippen molar-refractivity contribution < 1.29 is 13.5 Å². The van der Waals surface area contributed by atoms with Gasteiger partial charge in [0.2, 0.25) is 0 Å². The lowest BCUT2D eigenvalue weighted by atomic mass is 9.84. The summed E-state index contributed by atoms with van der Waals surface area (Å²) in [4.78, 5) is 0. The van der Waals surface area contributed by atoms with Crippen LogP contribution in [0.15, 0.2) is 0 Å². The van der Waals surface area contributed by atoms with E-state index < -0.39 is 11.0 Å². The smallest absolute Gasteiger partial charge is 0.352 e. The predicted octanol–water partition coefficient (Wildman–Crippen LogP) is 3.95. The summed E-state index contributed by atoms with van der Waals surface area (Å²) in [6.07, 6.45) is 7.40. The van der Waals surface area contributed by atoms with E-state index in [-0.39, 0.29) is 6.61 Å². The molecule has 88 valence electrons. The van der Waals surface area contributed by atoms with Gasteiger partial charge in [0.25, 0.3) is 0 Å². The van der Waals surface area contributed by atoms with Crippen molar-refractivity contribution in [3.63, 3.8) is 0 Å². The Morgan fingerprint density at radius 3 is 2.33 bits per heavy atom. The van der Waals surface area contributed by atoms with Gasteiger partial charge in [0.05, 0.1) is 6.61 Å². The molecule has 2 rings (SSSR count). The second kappa shape index (κ2) is 4.17. The zero-order chi connectivity index (χ0) is 10.9. The Balaban J connectivity index is 1.77. The van der Waals surface area contributed by atoms with Gasteiger partial charge in [-0.1, -0.05) is 32.1 Å². The molecule has 4 heteroatoms. The summed E-state index contributed by atoms with van der Waals surface area (Å²) < 4.78 is 30.8. The van der Waals surface area contributed by atoms with Crippen LogP contribution >= 0.6 is 11.6 Å². The van der Waals surface area contributed by atoms with Gasteiger partial charge < -0.3 is 4.74 Å². The second-order valence-corrected chi connectivity index (χ2v) is 5.30. The highest BCUT2D eigenvalue weighted by Crippen LogP contribution is 2.49. The molecule has 1 unspecified atom stereocenters. The van der Waals surface area contributed by atoms with Crippen molar-refractivity contribution in [1.82, 2.24) is 0 Å². The quantitative estimate of drug-likeness (QED) is 0.534. The van der Waals surface area contributed by atoms with Gasteiger partial charge in [0.1, 0.15) is 0 Å². The van der Waals surface area contributed by atoms with E-state index in [1.54, 1.807) is 0 Å². The molecule has 0 aromatic carbocycles. The Bertz CT molecular complexity index is 217. The highest BCUT2D eigenvalue weighted by atomic mass is 35.5. The minimum Gasteiger partial charge on any atom is -0.362 e. The fraction of sp³-hybridized carbons (Fsp3) is 1.00. The molecule has 0 N–H and O–H groups in total. The van der Waals surface area contributed by atoms with Crippen molar-refractivity contribution in [3.05, 3.63) is 0 Å². The lowest BCUT2D eigenvalue weighted by molar-refractivity contribution is -0.00386. The third-order valence-electron chi connectivity index (χ3n) is 3.69. The lowest BCUT2D eigenvalue weighted by Crippen LogP contribution is -2.32. The van der Waals surface area contributed by atoms with Gasteiger partial charge in [-0.05, 0) is 30.4 Å². The largest absolute Gasteiger partial charge is 0.362 e. The Kier molecular flexibility index (Phi) is 3.22. The van der Waals surface area contributed by atoms with E-state index in [4.69, 9.17) is 16.3 Å². The number of hydrogen-bond donors (Lipinski definition) is 0. The molecule has 0 aromatic rings. The number of hydrogen-bond acceptors (Lipinski definition) is 1. The van der Waals surface area contributed by atoms with Crippen LogP contribution in [-0.4, -0.2) is 17.6 Å². The van der Waals surface area contributed by atoms with Crippen LogP contribution in [0.25, 0.3) is 0 Å². The summed E-state index contributed by atoms with van der Waals surface area (Å²) in [5.41, 5.74) is -1.33. The van der Waals surface area contributed by atoms with E-state index in [2.05, 4.69) is 0 Å². The highest BCUT2D eigenvalue weighted by molar-refractivity contribution is 6.22. The third-order valence-corrected chi connectivity index (χ3v) is 4.04. The molecular formula is C11H17ClF2O. The maximum Gasteiger partial charge on any atom is 0.352 e. The van der Waals surface area contributed by atoms with Crippen molar-refractivity contribution in [1.29, 1.82) is 0 Å². The van der Waals surface area contributed by atoms with Crippen molar-refractivity contribution in [2.24, 2.45) is 5.92 Å². The van der Waals surface area contributed by atoms with Crippen LogP contribution in [0.4, 0.5) is 8.78 Å². The zero-order valence-electron chi connectivity index (χ0n) is 8.78. The van der Waals surface area contributed by atoms with E-state index in [9.17, 15) is 8.78 Å². The number of halogens is 3. The second-order valence-electron chi connectivity index (χ2n) is 4.82. The summed E-state index contributed by atoms with van der Waals surface area (Å²) in [5, 5.41) is -3.19. The Morgan fingerprint density at radius 2 is 1.87 bits per heavy atom. The van der Waals surface area contributed by atoms with Gasteiger partial charge in [0.15, 0.2) is 5.60 Å². The molecule has 1 aliphatic heterocycles. The lowest BCUT2D eigenvalue weighted by Gasteiger charge is -2.24. The Morgan fingerprint density at radius 1 is 1.27 bits per heavy atom. The van der Waals surface area contributed by atoms with Crippen LogP contribution in [-0.2, 0) is 4.74 Å². The summed E-state index contributed by atoms with van der Waals surface area (Å²) in [6, 6.07) is 0. The van der Waals surface area contributed by atoms with Crippen LogP contribution in [0, 0.1) is 5.92 Å². The molecule has 2 fully saturated rings. The summed E-state index contributed by atoms with van der Waals surface area (Å²) >= 11 is 5.05. The fourth-order valence-electron chi connectivity index (χ4n) is 2.45. The molecule has 1 nitrogen and oxygen atoms in total. The summed E-state index contributed by atoms with van der Waals surface area (Å²) in [6.45, 7) is 0.121. The Labute approximate surface area is 94.1 Å². The van der Waals surface area contributed by atoms with Crippen LogP contribution in [0.5, 0.6) is 0 Å². The third kappa shape index (κ3) is 2.62. The molecule has 15 heavy (non-hydrogen) atoms. The fourth-order valence-corrected chi connectivity index (χ4v) is 2.65. The Hall–Kier alpha value is 0.110. The van der Waals surface area contributed by atoms with Gasteiger partial charge in [-0.2, -0.15) is 8.78 Å². The maximum atomic E-state index is 13.0. The van der Waals surface area contributed by atoms with E-state index in [1.807, 2.05) is 0 Å². The van der Waals surface area contributed by atoms with E-state index in [0.717, 1.165) is 6.42 Å². The van der Waals surface area contributed by atoms with Gasteiger partial charge >= 0.3 is 5.38 Å². The molecule has 1 heterocycles. The predicted molar refractivity (Wildman–Crippen MR) is 55.3 cm³/mol. The van der Waals surface area contributed by atoms with Crippen molar-refractivity contribution in [2.45, 2.75) is 55.9 Å². The van der Waals surface area contributed by atoms with Crippen molar-refractivity contribution in [3.8, 4) is 0 Å². The molecule has 1 aliphatic carbocycles. The average Bonchev–Trinajstić information content (AvgIpc) is 2.96. The van der Waals surface area contributed by atoms with E-state index in [1.165, 1.54) is 32.1 Å². The van der Waals surface area contributed by atoms with Gasteiger partial charge in [-0.3, -0.25) is 0 Å². The topological polar surface area (TPSA) is 12.5 Å². The van der Waals surface area contributed by atoms with Gasteiger partial charge in [-0.15, -0.1) is 0 Å². The van der Waals surface area contributed by atoms with Crippen LogP contribution in [0.2, 0.25) is 0 Å². The molecular weight excluding hydrogens is 222 g/mol. The van der Waals surface area contributed by atoms with E-state index in [0.29, 0.717) is 12.3 Å². The first-order valence-corrected chi connectivity index (χ1v) is 6.12. The van der Waals surface area contributed by atoms with Gasteiger partial charge in [0, 0.05) is 0 Å². The van der Waals surface area contributed by atoms with Crippen LogP contribution in [0.3, 0.4) is 0 Å². The number of epoxide rings is 1. The average molecular weight is 239 g/mol. The number of alkyl halides is 3. The molecule has 1 saturated carbocycles. The molecule has 0 amide bonds. The first-order valence-electron chi connectivity index (χ1n) is 5.74. The minimum atomic E-state index is -3.19. The zero-order valence-corrected chi connectivity index (χ0v) is 9.53. The van der Waals surface area contributed by atoms with Gasteiger partial charge in [-0.25, -0.2) is 0 Å². The monoisotopic (exact) mass is 238 g/mol. The maximum absolute atomic E-state index is 13.0. The summed E-state index contributed by atoms with van der Waals surface area (Å²) in [5.74, 6) is 0.610.